The van der Waals surface area contributed by atoms with Crippen LogP contribution < -0.4 is 47.9 Å². The quantitative estimate of drug-likeness (QED) is 0.0199. The van der Waals surface area contributed by atoms with E-state index in [4.69, 9.17) is 53.2 Å². The van der Waals surface area contributed by atoms with Crippen LogP contribution in [0.4, 0.5) is 0 Å². The van der Waals surface area contributed by atoms with Gasteiger partial charge >= 0.3 is 5.97 Å². The molecule has 1 rings (SSSR count). The van der Waals surface area contributed by atoms with Gasteiger partial charge in [0.05, 0.1) is 157 Å². The van der Waals surface area contributed by atoms with Crippen LogP contribution in [0.15, 0.2) is 12.2 Å². The molecule has 0 spiro atoms. The maximum absolute atomic E-state index is 13.0. The van der Waals surface area contributed by atoms with Gasteiger partial charge < -0.3 is 142 Å². The molecule has 0 aromatic heterocycles. The summed E-state index contributed by atoms with van der Waals surface area (Å²) in [5, 5.41) is 126. The zero-order valence-corrected chi connectivity index (χ0v) is 52.9. The van der Waals surface area contributed by atoms with Crippen LogP contribution in [0.2, 0.25) is 0 Å². The molecule has 1 aliphatic heterocycles. The van der Waals surface area contributed by atoms with Crippen molar-refractivity contribution in [2.75, 3.05) is 171 Å². The van der Waals surface area contributed by atoms with E-state index in [1.54, 1.807) is 0 Å². The van der Waals surface area contributed by atoms with E-state index < -0.39 is 210 Å². The molecule has 0 aromatic rings. The molecule has 0 bridgehead atoms. The van der Waals surface area contributed by atoms with E-state index in [2.05, 4.69) is 47.9 Å². The zero-order valence-electron chi connectivity index (χ0n) is 52.9. The van der Waals surface area contributed by atoms with Gasteiger partial charge in [-0.25, -0.2) is 0 Å². The number of aliphatic hydroxyl groups is 10. The number of hydrogen-bond donors (Lipinski definition) is 20. The lowest BCUT2D eigenvalue weighted by molar-refractivity contribution is -0.141. The van der Waals surface area contributed by atoms with Gasteiger partial charge in [-0.1, -0.05) is 0 Å². The molecule has 550 valence electrons. The maximum Gasteiger partial charge on any atom is 0.303 e. The maximum atomic E-state index is 13.0. The van der Waals surface area contributed by atoms with Crippen molar-refractivity contribution in [3.8, 4) is 0 Å². The first-order chi connectivity index (χ1) is 45.8. The highest BCUT2D eigenvalue weighted by Gasteiger charge is 2.33. The van der Waals surface area contributed by atoms with Crippen LogP contribution >= 0.6 is 0 Å². The molecule has 41 nitrogen and oxygen atoms in total. The Morgan fingerprint density at radius 2 is 0.698 bits per heavy atom. The smallest absolute Gasteiger partial charge is 0.303 e. The Kier molecular flexibility index (Phi) is 47.9. The first-order valence-electron chi connectivity index (χ1n) is 30.3. The number of aliphatic carboxylic acids is 1. The molecule has 0 fully saturated rings. The molecule has 0 saturated heterocycles. The summed E-state index contributed by atoms with van der Waals surface area (Å²) >= 11 is 0. The van der Waals surface area contributed by atoms with Crippen LogP contribution in [0, 0.1) is 0 Å². The van der Waals surface area contributed by atoms with Gasteiger partial charge in [-0.2, -0.15) is 0 Å². The summed E-state index contributed by atoms with van der Waals surface area (Å²) in [5.74, 6) is -10.0. The van der Waals surface area contributed by atoms with Gasteiger partial charge in [0.1, 0.15) is 55.3 Å². The summed E-state index contributed by atoms with van der Waals surface area (Å²) in [6.07, 6.45) is -15.2. The number of nitrogens with zero attached hydrogens (tertiary/aromatic N) is 1. The third kappa shape index (κ3) is 41.7. The second-order valence-corrected chi connectivity index (χ2v) is 20.5. The Bertz CT molecular complexity index is 2370. The van der Waals surface area contributed by atoms with Gasteiger partial charge in [-0.3, -0.25) is 62.4 Å². The summed E-state index contributed by atoms with van der Waals surface area (Å²) < 4.78 is 43.5. The Morgan fingerprint density at radius 1 is 0.365 bits per heavy atom. The summed E-state index contributed by atoms with van der Waals surface area (Å²) in [4.78, 5) is 147. The predicted octanol–water partition coefficient (Wildman–Crippen LogP) is -13.3. The fraction of sp³-hybridized carbons (Fsp3) is 0.745. The molecular formula is C55H94N10O31. The number of nitrogens with one attached hydrogen (secondary N) is 9. The topological polar surface area (TPSA) is 613 Å². The Balaban J connectivity index is 2.07. The van der Waals surface area contributed by atoms with Crippen LogP contribution in [0.25, 0.3) is 0 Å². The van der Waals surface area contributed by atoms with Gasteiger partial charge in [0.2, 0.25) is 53.2 Å². The molecule has 11 amide bonds. The molecule has 0 saturated carbocycles. The molecular weight excluding hydrogens is 1300 g/mol. The minimum Gasteiger partial charge on any atom is -0.481 e. The number of amides is 11. The van der Waals surface area contributed by atoms with Gasteiger partial charge in [0.15, 0.2) is 0 Å². The number of ether oxygens (including phenoxy) is 8. The number of hydrogen-bond acceptors (Lipinski definition) is 30. The summed E-state index contributed by atoms with van der Waals surface area (Å²) in [6, 6.07) is -2.87. The normalized spacial score (nSPS) is 15.2. The van der Waals surface area contributed by atoms with Crippen molar-refractivity contribution in [2.24, 2.45) is 0 Å². The minimum atomic E-state index is -2.00. The SMILES string of the molecule is O=C(O)CCC(NC(=O)CN1C(=O)C=CC1=O)C(=O)NCC(=O)NCC(=O)NCC(=O)NCC(=O)NCCOCCOCCOCCOCCOCCOCCOCCOCCC(=O)NC(CCC(=O)NCC(O)C(O)C(O)C(O)CO)C(=O)NCC(O)C(O)C(O)C(O)CO. The fourth-order valence-corrected chi connectivity index (χ4v) is 7.47. The number of aliphatic hydroxyl groups excluding tert-OH is 10. The second kappa shape index (κ2) is 53.0. The highest BCUT2D eigenvalue weighted by Crippen LogP contribution is 2.09. The van der Waals surface area contributed by atoms with Crippen molar-refractivity contribution in [2.45, 2.75) is 93.0 Å². The molecule has 96 heavy (non-hydrogen) atoms. The first kappa shape index (κ1) is 86.9. The van der Waals surface area contributed by atoms with Crippen molar-refractivity contribution in [3.05, 3.63) is 12.2 Å². The standard InChI is InChI=1S/C55H94N10O31/c66-32-38(70)52(85)50(83)36(68)25-57-40(72)3-1-34(54(87)61-26-37(69)51(84)53(86)39(71)33-67)63-41(73)7-9-89-11-13-91-15-17-93-19-21-95-23-24-96-22-20-94-18-16-92-14-12-90-10-8-56-42(74)27-58-43(75)28-59-44(76)29-60-45(77)30-62-55(88)35(2-6-49(81)82)64-46(78)31-65-47(79)4-5-48(65)80/h4-5,34-39,50-53,66-71,83-86H,1-3,6-33H2,(H,56,74)(H,57,72)(H,58,75)(H,59,76)(H,60,77)(H,61,87)(H,62,88)(H,63,73)(H,64,78)(H,81,82). The summed E-state index contributed by atoms with van der Waals surface area (Å²) in [6.45, 7) is -2.35. The number of rotatable bonds is 59. The predicted molar refractivity (Wildman–Crippen MR) is 320 cm³/mol. The van der Waals surface area contributed by atoms with Crippen LogP contribution in [0.3, 0.4) is 0 Å². The van der Waals surface area contributed by atoms with Crippen molar-refractivity contribution in [1.29, 1.82) is 0 Å². The molecule has 0 aromatic carbocycles. The molecule has 10 atom stereocenters. The van der Waals surface area contributed by atoms with Gasteiger partial charge in [0, 0.05) is 51.0 Å². The number of carboxylic acid groups (broad SMARTS) is 1. The third-order valence-corrected chi connectivity index (χ3v) is 12.9. The van der Waals surface area contributed by atoms with Gasteiger partial charge in [-0.15, -0.1) is 0 Å². The first-order valence-corrected chi connectivity index (χ1v) is 30.3. The largest absolute Gasteiger partial charge is 0.481 e. The highest BCUT2D eigenvalue weighted by molar-refractivity contribution is 6.14. The Hall–Kier alpha value is -7.14. The van der Waals surface area contributed by atoms with Crippen molar-refractivity contribution in [3.63, 3.8) is 0 Å². The fourth-order valence-electron chi connectivity index (χ4n) is 7.47. The van der Waals surface area contributed by atoms with Crippen molar-refractivity contribution in [1.82, 2.24) is 52.8 Å². The van der Waals surface area contributed by atoms with Crippen LogP contribution in [0.5, 0.6) is 0 Å². The van der Waals surface area contributed by atoms with Crippen LogP contribution in [-0.2, 0) is 95.4 Å². The molecule has 20 N–H and O–H groups in total. The van der Waals surface area contributed by atoms with E-state index in [0.717, 1.165) is 12.2 Å². The van der Waals surface area contributed by atoms with E-state index in [1.807, 2.05) is 0 Å². The average Bonchev–Trinajstić information content (AvgIpc) is 1.71. The molecule has 1 aliphatic rings. The van der Waals surface area contributed by atoms with E-state index >= 15 is 0 Å². The number of carboxylic acids is 1. The van der Waals surface area contributed by atoms with Gasteiger partial charge in [-0.05, 0) is 12.8 Å². The number of carbonyl (C=O) groups is 12. The molecule has 0 aliphatic carbocycles. The third-order valence-electron chi connectivity index (χ3n) is 12.9. The monoisotopic (exact) mass is 1390 g/mol. The number of carbonyl (C=O) groups excluding carboxylic acids is 11. The Morgan fingerprint density at radius 3 is 1.10 bits per heavy atom. The van der Waals surface area contributed by atoms with E-state index in [-0.39, 0.29) is 78.8 Å². The average molecular weight is 1390 g/mol. The highest BCUT2D eigenvalue weighted by atomic mass is 16.6. The van der Waals surface area contributed by atoms with Crippen molar-refractivity contribution >= 4 is 70.9 Å². The van der Waals surface area contributed by atoms with Gasteiger partial charge in [0.25, 0.3) is 11.8 Å². The Labute approximate surface area is 550 Å². The van der Waals surface area contributed by atoms with Crippen LogP contribution in [0.1, 0.15) is 32.1 Å². The molecule has 0 radical (unpaired) electrons. The molecule has 1 heterocycles. The lowest BCUT2D eigenvalue weighted by atomic mass is 10.0. The van der Waals surface area contributed by atoms with Crippen molar-refractivity contribution < 1.29 is 152 Å². The van der Waals surface area contributed by atoms with E-state index in [9.17, 15) is 98.4 Å². The second-order valence-electron chi connectivity index (χ2n) is 20.5. The zero-order chi connectivity index (χ0) is 71.6. The van der Waals surface area contributed by atoms with Crippen LogP contribution in [-0.4, -0.2) is 364 Å². The van der Waals surface area contributed by atoms with E-state index in [0.29, 0.717) is 51.1 Å². The lowest BCUT2D eigenvalue weighted by Gasteiger charge is -2.26. The molecule has 10 unspecified atom stereocenters. The number of imide groups is 1. The minimum absolute atomic E-state index is 0.0897. The summed E-state index contributed by atoms with van der Waals surface area (Å²) in [7, 11) is 0. The van der Waals surface area contributed by atoms with E-state index in [1.165, 1.54) is 0 Å². The lowest BCUT2D eigenvalue weighted by Crippen LogP contribution is -2.53. The molecule has 41 heteroatoms. The summed E-state index contributed by atoms with van der Waals surface area (Å²) in [5.41, 5.74) is 0.